The normalized spacial score (nSPS) is 10.3. The zero-order valence-corrected chi connectivity index (χ0v) is 12.3. The summed E-state index contributed by atoms with van der Waals surface area (Å²) in [7, 11) is 0. The third-order valence-electron chi connectivity index (χ3n) is 3.34. The second kappa shape index (κ2) is 6.38. The first kappa shape index (κ1) is 14.3. The van der Waals surface area contributed by atoms with Crippen LogP contribution < -0.4 is 4.74 Å². The molecule has 2 nitrogen and oxygen atoms in total. The Morgan fingerprint density at radius 2 is 1.70 bits per heavy atom. The monoisotopic (exact) mass is 268 g/mol. The summed E-state index contributed by atoms with van der Waals surface area (Å²) >= 11 is 0. The third-order valence-corrected chi connectivity index (χ3v) is 3.34. The zero-order valence-electron chi connectivity index (χ0n) is 12.3. The Hall–Kier alpha value is -2.09. The summed E-state index contributed by atoms with van der Waals surface area (Å²) in [5, 5.41) is 0. The molecule has 0 heterocycles. The molecule has 2 aromatic carbocycles. The summed E-state index contributed by atoms with van der Waals surface area (Å²) in [5.74, 6) is 0.688. The topological polar surface area (TPSA) is 26.3 Å². The highest BCUT2D eigenvalue weighted by Crippen LogP contribution is 2.22. The van der Waals surface area contributed by atoms with Gasteiger partial charge in [0.25, 0.3) is 0 Å². The molecule has 2 rings (SSSR count). The van der Waals surface area contributed by atoms with Crippen LogP contribution in [0.3, 0.4) is 0 Å². The molecule has 2 heteroatoms. The molecule has 0 bridgehead atoms. The Morgan fingerprint density at radius 1 is 1.05 bits per heavy atom. The van der Waals surface area contributed by atoms with E-state index < -0.39 is 0 Å². The maximum atomic E-state index is 11.6. The number of ether oxygens (including phenoxy) is 1. The summed E-state index contributed by atoms with van der Waals surface area (Å²) in [5.41, 5.74) is 4.14. The van der Waals surface area contributed by atoms with E-state index in [1.807, 2.05) is 25.1 Å². The van der Waals surface area contributed by atoms with E-state index in [2.05, 4.69) is 31.2 Å². The molecule has 0 atom stereocenters. The van der Waals surface area contributed by atoms with Gasteiger partial charge in [-0.2, -0.15) is 0 Å². The third kappa shape index (κ3) is 3.47. The first-order valence-electron chi connectivity index (χ1n) is 6.92. The van der Waals surface area contributed by atoms with Crippen molar-refractivity contribution in [2.24, 2.45) is 0 Å². The summed E-state index contributed by atoms with van der Waals surface area (Å²) in [6.07, 6.45) is 1.04. The molecule has 0 aromatic heterocycles. The lowest BCUT2D eigenvalue weighted by molar-refractivity contribution is 0.101. The fourth-order valence-electron chi connectivity index (χ4n) is 2.08. The Balaban J connectivity index is 2.12. The van der Waals surface area contributed by atoms with E-state index in [-0.39, 0.29) is 5.78 Å². The Kier molecular flexibility index (Phi) is 4.57. The molecule has 0 aliphatic rings. The fraction of sp³-hybridized carbons (Fsp3) is 0.278. The van der Waals surface area contributed by atoms with Crippen LogP contribution in [-0.2, 0) is 13.0 Å². The largest absolute Gasteiger partial charge is 0.488 e. The number of hydrogen-bond acceptors (Lipinski definition) is 2. The summed E-state index contributed by atoms with van der Waals surface area (Å²) < 4.78 is 5.79. The zero-order chi connectivity index (χ0) is 14.5. The maximum Gasteiger partial charge on any atom is 0.163 e. The van der Waals surface area contributed by atoms with Gasteiger partial charge in [0, 0.05) is 0 Å². The van der Waals surface area contributed by atoms with E-state index in [0.717, 1.165) is 17.5 Å². The molecule has 0 unspecified atom stereocenters. The van der Waals surface area contributed by atoms with Crippen molar-refractivity contribution in [3.05, 3.63) is 64.7 Å². The van der Waals surface area contributed by atoms with Crippen molar-refractivity contribution in [3.8, 4) is 5.75 Å². The molecular formula is C18H20O2. The Morgan fingerprint density at radius 3 is 2.30 bits per heavy atom. The fourth-order valence-corrected chi connectivity index (χ4v) is 2.08. The van der Waals surface area contributed by atoms with Crippen molar-refractivity contribution in [3.63, 3.8) is 0 Å². The lowest BCUT2D eigenvalue weighted by Gasteiger charge is -2.11. The predicted octanol–water partition coefficient (Wildman–Crippen LogP) is 4.34. The number of benzene rings is 2. The van der Waals surface area contributed by atoms with Gasteiger partial charge in [0.15, 0.2) is 5.78 Å². The molecule has 0 N–H and O–H groups in total. The van der Waals surface area contributed by atoms with Gasteiger partial charge in [-0.15, -0.1) is 0 Å². The quantitative estimate of drug-likeness (QED) is 0.754. The molecule has 0 aliphatic carbocycles. The van der Waals surface area contributed by atoms with Gasteiger partial charge in [-0.1, -0.05) is 42.8 Å². The van der Waals surface area contributed by atoms with Crippen molar-refractivity contribution in [2.75, 3.05) is 0 Å². The van der Waals surface area contributed by atoms with Gasteiger partial charge < -0.3 is 4.74 Å². The first-order valence-corrected chi connectivity index (χ1v) is 6.92. The average Bonchev–Trinajstić information content (AvgIpc) is 2.46. The number of carbonyl (C=O) groups excluding carboxylic acids is 1. The van der Waals surface area contributed by atoms with E-state index in [1.54, 1.807) is 6.92 Å². The maximum absolute atomic E-state index is 11.6. The summed E-state index contributed by atoms with van der Waals surface area (Å²) in [6.45, 7) is 6.15. The van der Waals surface area contributed by atoms with Crippen molar-refractivity contribution in [2.45, 2.75) is 33.8 Å². The SMILES string of the molecule is CCc1ccc(COc2ccc(C)cc2C(C)=O)cc1. The first-order chi connectivity index (χ1) is 9.60. The van der Waals surface area contributed by atoms with Gasteiger partial charge in [0.2, 0.25) is 0 Å². The van der Waals surface area contributed by atoms with Crippen LogP contribution >= 0.6 is 0 Å². The molecule has 0 amide bonds. The van der Waals surface area contributed by atoms with Gasteiger partial charge in [-0.25, -0.2) is 0 Å². The Bertz CT molecular complexity index is 597. The number of aryl methyl sites for hydroxylation is 2. The average molecular weight is 268 g/mol. The van der Waals surface area contributed by atoms with Crippen LogP contribution in [0.1, 0.15) is 40.9 Å². The molecule has 0 spiro atoms. The molecule has 0 fully saturated rings. The minimum absolute atomic E-state index is 0.0324. The van der Waals surface area contributed by atoms with Gasteiger partial charge in [-0.05, 0) is 43.5 Å². The molecule has 104 valence electrons. The molecule has 2 aromatic rings. The highest BCUT2D eigenvalue weighted by atomic mass is 16.5. The van der Waals surface area contributed by atoms with Crippen molar-refractivity contribution in [1.29, 1.82) is 0 Å². The van der Waals surface area contributed by atoms with Crippen LogP contribution in [0.4, 0.5) is 0 Å². The smallest absolute Gasteiger partial charge is 0.163 e. The van der Waals surface area contributed by atoms with Gasteiger partial charge in [-0.3, -0.25) is 4.79 Å². The van der Waals surface area contributed by atoms with E-state index >= 15 is 0 Å². The minimum atomic E-state index is 0.0324. The number of hydrogen-bond donors (Lipinski definition) is 0. The van der Waals surface area contributed by atoms with E-state index in [9.17, 15) is 4.79 Å². The predicted molar refractivity (Wildman–Crippen MR) is 81.3 cm³/mol. The molecule has 0 aliphatic heterocycles. The van der Waals surface area contributed by atoms with Crippen LogP contribution in [0.15, 0.2) is 42.5 Å². The lowest BCUT2D eigenvalue weighted by Crippen LogP contribution is -2.02. The van der Waals surface area contributed by atoms with Crippen LogP contribution in [-0.4, -0.2) is 5.78 Å². The van der Waals surface area contributed by atoms with Crippen molar-refractivity contribution in [1.82, 2.24) is 0 Å². The van der Waals surface area contributed by atoms with Crippen molar-refractivity contribution >= 4 is 5.78 Å². The van der Waals surface area contributed by atoms with E-state index in [1.165, 1.54) is 5.56 Å². The van der Waals surface area contributed by atoms with Crippen molar-refractivity contribution < 1.29 is 9.53 Å². The van der Waals surface area contributed by atoms with Gasteiger partial charge in [0.1, 0.15) is 12.4 Å². The van der Waals surface area contributed by atoms with Gasteiger partial charge in [0.05, 0.1) is 5.56 Å². The second-order valence-electron chi connectivity index (χ2n) is 5.01. The van der Waals surface area contributed by atoms with E-state index in [0.29, 0.717) is 17.9 Å². The molecule has 0 saturated carbocycles. The number of carbonyl (C=O) groups is 1. The molecular weight excluding hydrogens is 248 g/mol. The molecule has 0 radical (unpaired) electrons. The highest BCUT2D eigenvalue weighted by Gasteiger charge is 2.08. The minimum Gasteiger partial charge on any atom is -0.488 e. The standard InChI is InChI=1S/C18H20O2/c1-4-15-6-8-16(9-7-15)12-20-18-10-5-13(2)11-17(18)14(3)19/h5-11H,4,12H2,1-3H3. The van der Waals surface area contributed by atoms with Crippen LogP contribution in [0.2, 0.25) is 0 Å². The van der Waals surface area contributed by atoms with Crippen LogP contribution in [0.5, 0.6) is 5.75 Å². The lowest BCUT2D eigenvalue weighted by atomic mass is 10.1. The highest BCUT2D eigenvalue weighted by molar-refractivity contribution is 5.97. The summed E-state index contributed by atoms with van der Waals surface area (Å²) in [4.78, 5) is 11.6. The second-order valence-corrected chi connectivity index (χ2v) is 5.01. The van der Waals surface area contributed by atoms with E-state index in [4.69, 9.17) is 4.74 Å². The number of ketones is 1. The van der Waals surface area contributed by atoms with Crippen LogP contribution in [0.25, 0.3) is 0 Å². The Labute approximate surface area is 120 Å². The molecule has 20 heavy (non-hydrogen) atoms. The molecule has 0 saturated heterocycles. The number of rotatable bonds is 5. The van der Waals surface area contributed by atoms with Gasteiger partial charge >= 0.3 is 0 Å². The number of Topliss-reactive ketones (excluding diaryl/α,β-unsaturated/α-hetero) is 1. The summed E-state index contributed by atoms with van der Waals surface area (Å²) in [6, 6.07) is 14.1. The van der Waals surface area contributed by atoms with Crippen LogP contribution in [0, 0.1) is 6.92 Å².